The van der Waals surface area contributed by atoms with Gasteiger partial charge in [0.05, 0.1) is 19.3 Å². The lowest BCUT2D eigenvalue weighted by molar-refractivity contribution is -0.138. The molecule has 0 aliphatic heterocycles. The first-order valence-electron chi connectivity index (χ1n) is 9.29. The fourth-order valence-corrected chi connectivity index (χ4v) is 1.84. The zero-order valence-corrected chi connectivity index (χ0v) is 17.0. The van der Waals surface area contributed by atoms with Gasteiger partial charge in [-0.3, -0.25) is 19.2 Å². The lowest BCUT2D eigenvalue weighted by Crippen LogP contribution is -1.99. The zero-order chi connectivity index (χ0) is 23.5. The van der Waals surface area contributed by atoms with Crippen molar-refractivity contribution in [3.63, 3.8) is 0 Å². The Bertz CT molecular complexity index is 842. The second-order valence-electron chi connectivity index (χ2n) is 6.07. The molecule has 0 aliphatic rings. The van der Waals surface area contributed by atoms with Crippen LogP contribution in [0, 0.1) is 6.92 Å². The van der Waals surface area contributed by atoms with Gasteiger partial charge in [0, 0.05) is 12.0 Å². The van der Waals surface area contributed by atoms with E-state index in [0.717, 1.165) is 17.4 Å². The van der Waals surface area contributed by atoms with Gasteiger partial charge in [0.2, 0.25) is 0 Å². The number of carbonyl (C=O) groups is 5. The van der Waals surface area contributed by atoms with E-state index in [9.17, 15) is 24.0 Å². The molecule has 162 valence electrons. The van der Waals surface area contributed by atoms with Gasteiger partial charge in [-0.1, -0.05) is 66.7 Å². The van der Waals surface area contributed by atoms with Crippen LogP contribution in [0.2, 0.25) is 0 Å². The first-order chi connectivity index (χ1) is 14.7. The number of aldehydes is 1. The Morgan fingerprint density at radius 2 is 1.16 bits per heavy atom. The number of aliphatic carboxylic acids is 2. The molecule has 0 radical (unpaired) electrons. The maximum atomic E-state index is 11.2. The van der Waals surface area contributed by atoms with Crippen molar-refractivity contribution < 1.29 is 34.2 Å². The highest BCUT2D eigenvalue weighted by atomic mass is 16.4. The molecule has 0 atom stereocenters. The second-order valence-corrected chi connectivity index (χ2v) is 6.07. The number of benzene rings is 2. The van der Waals surface area contributed by atoms with Crippen LogP contribution in [0.25, 0.3) is 6.08 Å². The molecule has 2 rings (SSSR count). The first kappa shape index (κ1) is 27.0. The number of ketones is 2. The number of carbonyl (C=O) groups excluding carboxylic acids is 3. The van der Waals surface area contributed by atoms with E-state index < -0.39 is 11.9 Å². The van der Waals surface area contributed by atoms with Crippen LogP contribution in [0.15, 0.2) is 66.7 Å². The van der Waals surface area contributed by atoms with Crippen molar-refractivity contribution in [3.05, 3.63) is 84.8 Å². The Kier molecular flexibility index (Phi) is 14.7. The number of allylic oxidation sites excluding steroid dienone is 1. The molecule has 0 aromatic heterocycles. The smallest absolute Gasteiger partial charge is 0.304 e. The average Bonchev–Trinajstić information content (AvgIpc) is 2.77. The summed E-state index contributed by atoms with van der Waals surface area (Å²) in [5, 5.41) is 16.4. The summed E-state index contributed by atoms with van der Waals surface area (Å²) in [6.45, 7) is 3.01. The third-order valence-corrected chi connectivity index (χ3v) is 3.40. The third kappa shape index (κ3) is 17.8. The number of rotatable bonds is 9. The summed E-state index contributed by atoms with van der Waals surface area (Å²) in [5.74, 6) is -2.40. The molecule has 7 nitrogen and oxygen atoms in total. The SMILES string of the molecule is O=C(O)CCC(=O)/C=C/c1ccccc1.O=Cc1ccccc1.[CH2+]C(=O)CCC(=O)O. The van der Waals surface area contributed by atoms with E-state index in [1.165, 1.54) is 6.08 Å². The molecule has 0 aliphatic carbocycles. The molecule has 0 saturated heterocycles. The van der Waals surface area contributed by atoms with Gasteiger partial charge in [-0.15, -0.1) is 0 Å². The molecular weight excluding hydrogens is 400 g/mol. The van der Waals surface area contributed by atoms with E-state index >= 15 is 0 Å². The minimum atomic E-state index is -0.956. The number of carboxylic acid groups (broad SMARTS) is 2. The second kappa shape index (κ2) is 16.9. The van der Waals surface area contributed by atoms with Crippen LogP contribution in [0.5, 0.6) is 0 Å². The van der Waals surface area contributed by atoms with Crippen LogP contribution in [-0.4, -0.2) is 40.0 Å². The quantitative estimate of drug-likeness (QED) is 0.355. The van der Waals surface area contributed by atoms with Gasteiger partial charge in [-0.2, -0.15) is 0 Å². The predicted octanol–water partition coefficient (Wildman–Crippen LogP) is 3.89. The molecule has 7 heteroatoms. The molecule has 31 heavy (non-hydrogen) atoms. The fourth-order valence-electron chi connectivity index (χ4n) is 1.84. The molecule has 0 fully saturated rings. The Balaban J connectivity index is 0.000000477. The highest BCUT2D eigenvalue weighted by molar-refractivity contribution is 5.95. The van der Waals surface area contributed by atoms with Crippen LogP contribution >= 0.6 is 0 Å². The summed E-state index contributed by atoms with van der Waals surface area (Å²) < 4.78 is 0. The molecule has 0 bridgehead atoms. The highest BCUT2D eigenvalue weighted by Crippen LogP contribution is 2.02. The Labute approximate surface area is 181 Å². The number of hydrogen-bond donors (Lipinski definition) is 2. The summed E-state index contributed by atoms with van der Waals surface area (Å²) in [6, 6.07) is 18.5. The van der Waals surface area contributed by atoms with Gasteiger partial charge in [-0.25, -0.2) is 4.79 Å². The molecule has 2 aromatic rings. The fraction of sp³-hybridized carbons (Fsp3) is 0.167. The summed E-state index contributed by atoms with van der Waals surface area (Å²) >= 11 is 0. The normalized spacial score (nSPS) is 9.42. The third-order valence-electron chi connectivity index (χ3n) is 3.40. The Morgan fingerprint density at radius 3 is 1.52 bits per heavy atom. The molecule has 2 N–H and O–H groups in total. The minimum absolute atomic E-state index is 0.0370. The molecule has 0 unspecified atom stereocenters. The van der Waals surface area contributed by atoms with E-state index in [0.29, 0.717) is 0 Å². The standard InChI is InChI=1S/C12H12O3.C7H6O.C5H6O3/c13-11(8-9-12(14)15)7-6-10-4-2-1-3-5-10;8-6-7-4-2-1-3-5-7;1-4(6)2-3-5(7)8/h1-7H,8-9H2,(H,14,15);1-6H;1-3H2/p+1/b7-6+;;. The van der Waals surface area contributed by atoms with Crippen molar-refractivity contribution in [2.45, 2.75) is 25.7 Å². The largest absolute Gasteiger partial charge is 0.481 e. The number of carboxylic acids is 2. The van der Waals surface area contributed by atoms with Gasteiger partial charge in [0.1, 0.15) is 13.2 Å². The van der Waals surface area contributed by atoms with Crippen molar-refractivity contribution >= 4 is 35.9 Å². The highest BCUT2D eigenvalue weighted by Gasteiger charge is 2.03. The van der Waals surface area contributed by atoms with E-state index in [4.69, 9.17) is 10.2 Å². The van der Waals surface area contributed by atoms with E-state index in [-0.39, 0.29) is 37.2 Å². The Morgan fingerprint density at radius 1 is 0.710 bits per heavy atom. The van der Waals surface area contributed by atoms with Gasteiger partial charge in [-0.05, 0) is 11.6 Å². The van der Waals surface area contributed by atoms with Gasteiger partial charge < -0.3 is 10.2 Å². The number of hydrogen-bond acceptors (Lipinski definition) is 5. The van der Waals surface area contributed by atoms with Gasteiger partial charge >= 0.3 is 17.7 Å². The van der Waals surface area contributed by atoms with Crippen molar-refractivity contribution in [3.8, 4) is 0 Å². The van der Waals surface area contributed by atoms with Crippen LogP contribution < -0.4 is 0 Å². The molecule has 2 aromatic carbocycles. The van der Waals surface area contributed by atoms with E-state index in [1.54, 1.807) is 18.2 Å². The maximum Gasteiger partial charge on any atom is 0.304 e. The van der Waals surface area contributed by atoms with Crippen LogP contribution in [-0.2, 0) is 19.2 Å². The summed E-state index contributed by atoms with van der Waals surface area (Å²) in [7, 11) is 0. The zero-order valence-electron chi connectivity index (χ0n) is 17.0. The summed E-state index contributed by atoms with van der Waals surface area (Å²) in [6.07, 6.45) is 3.80. The average molecular weight is 425 g/mol. The molecule has 0 spiro atoms. The lowest BCUT2D eigenvalue weighted by Gasteiger charge is -1.92. The van der Waals surface area contributed by atoms with Crippen molar-refractivity contribution in [1.29, 1.82) is 0 Å². The van der Waals surface area contributed by atoms with Crippen LogP contribution in [0.4, 0.5) is 0 Å². The van der Waals surface area contributed by atoms with E-state index in [2.05, 4.69) is 6.92 Å². The Hall–Kier alpha value is -4.00. The monoisotopic (exact) mass is 425 g/mol. The number of Topliss-reactive ketones (excluding diaryl/α,β-unsaturated/α-hetero) is 1. The topological polar surface area (TPSA) is 126 Å². The molecular formula is C24H25O7+. The summed E-state index contributed by atoms with van der Waals surface area (Å²) in [5.41, 5.74) is 1.66. The van der Waals surface area contributed by atoms with Crippen LogP contribution in [0.3, 0.4) is 0 Å². The minimum Gasteiger partial charge on any atom is -0.481 e. The molecule has 0 heterocycles. The predicted molar refractivity (Wildman–Crippen MR) is 116 cm³/mol. The van der Waals surface area contributed by atoms with Crippen LogP contribution in [0.1, 0.15) is 41.6 Å². The summed E-state index contributed by atoms with van der Waals surface area (Å²) in [4.78, 5) is 51.1. The van der Waals surface area contributed by atoms with Gasteiger partial charge in [0.25, 0.3) is 0 Å². The van der Waals surface area contributed by atoms with Crippen molar-refractivity contribution in [1.82, 2.24) is 0 Å². The lowest BCUT2D eigenvalue weighted by atomic mass is 10.1. The molecule has 0 saturated carbocycles. The van der Waals surface area contributed by atoms with E-state index in [1.807, 2.05) is 48.5 Å². The van der Waals surface area contributed by atoms with Gasteiger partial charge in [0.15, 0.2) is 5.78 Å². The first-order valence-corrected chi connectivity index (χ1v) is 9.29. The van der Waals surface area contributed by atoms with Crippen molar-refractivity contribution in [2.75, 3.05) is 0 Å². The maximum absolute atomic E-state index is 11.2. The van der Waals surface area contributed by atoms with Crippen molar-refractivity contribution in [2.24, 2.45) is 0 Å². The molecule has 0 amide bonds.